The third-order valence-corrected chi connectivity index (χ3v) is 13.7. The summed E-state index contributed by atoms with van der Waals surface area (Å²) >= 11 is 0. The molecule has 0 aromatic rings. The molecule has 364 valence electrons. The molecule has 0 fully saturated rings. The van der Waals surface area contributed by atoms with Gasteiger partial charge < -0.3 is 24.0 Å². The second kappa shape index (κ2) is 52.5. The number of hydrogen-bond acceptors (Lipinski definition) is 3. The topological polar surface area (TPSA) is 63.2 Å². The van der Waals surface area contributed by atoms with Crippen molar-refractivity contribution in [3.63, 3.8) is 0 Å². The highest BCUT2D eigenvalue weighted by atomic mass is 16.6. The maximum Gasteiger partial charge on any atom is 0.0784 e. The van der Waals surface area contributed by atoms with E-state index in [1.807, 2.05) is 0 Å². The number of rotatable bonds is 46. The number of quaternary nitrogens is 2. The van der Waals surface area contributed by atoms with Crippen molar-refractivity contribution in [2.45, 2.75) is 298 Å². The van der Waals surface area contributed by atoms with Crippen LogP contribution in [0.25, 0.3) is 0 Å². The summed E-state index contributed by atoms with van der Waals surface area (Å²) in [5.41, 5.74) is 0. The third-order valence-electron chi connectivity index (χ3n) is 13.7. The first-order chi connectivity index (χ1) is 29.1. The minimum Gasteiger partial charge on any atom is -0.652 e. The predicted octanol–water partition coefficient (Wildman–Crippen LogP) is 16.1. The van der Waals surface area contributed by atoms with Gasteiger partial charge in [0.15, 0.2) is 0 Å². The number of carbonyl (C=O) groups is 1. The Kier molecular flexibility index (Phi) is 55.6. The minimum atomic E-state index is -2.33. The molecule has 5 nitrogen and oxygen atoms in total. The lowest BCUT2D eigenvalue weighted by atomic mass is 10.1. The van der Waals surface area contributed by atoms with Gasteiger partial charge in [0, 0.05) is 0 Å². The molecular weight excluding hydrogens is 737 g/mol. The van der Waals surface area contributed by atoms with Crippen LogP contribution < -0.4 is 10.2 Å². The van der Waals surface area contributed by atoms with Gasteiger partial charge in [0.2, 0.25) is 0 Å². The quantitative estimate of drug-likeness (QED) is 0.0453. The van der Waals surface area contributed by atoms with Crippen LogP contribution in [0.15, 0.2) is 0 Å². The minimum absolute atomic E-state index is 1.31. The van der Waals surface area contributed by atoms with Gasteiger partial charge in [-0.05, 0) is 71.4 Å². The highest BCUT2D eigenvalue weighted by Gasteiger charge is 2.18. The lowest BCUT2D eigenvalue weighted by molar-refractivity contribution is -0.908. The second-order valence-corrected chi connectivity index (χ2v) is 19.7. The zero-order chi connectivity index (χ0) is 45.1. The fourth-order valence-electron chi connectivity index (χ4n) is 8.78. The van der Waals surface area contributed by atoms with Gasteiger partial charge in [-0.15, -0.1) is 0 Å². The van der Waals surface area contributed by atoms with Crippen LogP contribution >= 0.6 is 0 Å². The number of unbranched alkanes of at least 4 members (excludes halogenated alkanes) is 36. The summed E-state index contributed by atoms with van der Waals surface area (Å²) in [6, 6.07) is 0. The zero-order valence-electron chi connectivity index (χ0n) is 43.1. The first-order valence-electron chi connectivity index (χ1n) is 27.6. The van der Waals surface area contributed by atoms with Gasteiger partial charge >= 0.3 is 0 Å². The summed E-state index contributed by atoms with van der Waals surface area (Å²) in [4.78, 5) is 8.33. The van der Waals surface area contributed by atoms with Crippen molar-refractivity contribution < 1.29 is 24.0 Å². The molecule has 0 aliphatic heterocycles. The normalized spacial score (nSPS) is 11.6. The number of nitrogens with zero attached hydrogens (tertiary/aromatic N) is 2. The zero-order valence-corrected chi connectivity index (χ0v) is 43.1. The van der Waals surface area contributed by atoms with Crippen LogP contribution in [0, 0.1) is 0 Å². The van der Waals surface area contributed by atoms with E-state index >= 15 is 0 Å². The molecule has 0 saturated heterocycles. The molecule has 0 bridgehead atoms. The predicted molar refractivity (Wildman–Crippen MR) is 266 cm³/mol. The van der Waals surface area contributed by atoms with Crippen molar-refractivity contribution in [3.05, 3.63) is 0 Å². The largest absolute Gasteiger partial charge is 0.652 e. The Labute approximate surface area is 380 Å². The average molecular weight is 854 g/mol. The number of carboxylic acid groups (broad SMARTS) is 2. The van der Waals surface area contributed by atoms with Crippen LogP contribution in [0.4, 0.5) is 4.79 Å². The van der Waals surface area contributed by atoms with E-state index in [0.717, 1.165) is 0 Å². The van der Waals surface area contributed by atoms with Crippen LogP contribution in [-0.4, -0.2) is 68.5 Å². The lowest BCUT2D eigenvalue weighted by Gasteiger charge is -2.33. The molecule has 0 rings (SSSR count). The summed E-state index contributed by atoms with van der Waals surface area (Å²) in [5.74, 6) is 0. The Morgan fingerprint density at radius 1 is 0.267 bits per heavy atom. The Morgan fingerprint density at radius 3 is 0.500 bits per heavy atom. The van der Waals surface area contributed by atoms with E-state index < -0.39 is 6.16 Å². The van der Waals surface area contributed by atoms with Crippen molar-refractivity contribution in [2.75, 3.05) is 53.4 Å². The van der Waals surface area contributed by atoms with E-state index in [9.17, 15) is 0 Å². The molecule has 0 amide bonds. The van der Waals surface area contributed by atoms with E-state index in [-0.39, 0.29) is 0 Å². The summed E-state index contributed by atoms with van der Waals surface area (Å²) < 4.78 is 2.63. The summed E-state index contributed by atoms with van der Waals surface area (Å²) in [6.07, 6.45) is 55.8. The van der Waals surface area contributed by atoms with Crippen molar-refractivity contribution in [3.8, 4) is 0 Å². The monoisotopic (exact) mass is 853 g/mol. The van der Waals surface area contributed by atoms with Crippen molar-refractivity contribution in [2.24, 2.45) is 0 Å². The fourth-order valence-corrected chi connectivity index (χ4v) is 8.78. The fraction of sp³-hybridized carbons (Fsp3) is 0.982. The molecule has 0 spiro atoms. The molecule has 0 radical (unpaired) electrons. The molecule has 0 N–H and O–H groups in total. The van der Waals surface area contributed by atoms with Crippen molar-refractivity contribution in [1.82, 2.24) is 0 Å². The number of carbonyl (C=O) groups excluding carboxylic acids is 1. The van der Waals surface area contributed by atoms with E-state index in [2.05, 4.69) is 55.6 Å². The number of hydrogen-bond donors (Lipinski definition) is 0. The molecule has 60 heavy (non-hydrogen) atoms. The Bertz CT molecular complexity index is 680. The molecule has 0 aromatic carbocycles. The van der Waals surface area contributed by atoms with Crippen LogP contribution in [-0.2, 0) is 0 Å². The van der Waals surface area contributed by atoms with Crippen LogP contribution in [0.5, 0.6) is 0 Å². The Morgan fingerprint density at radius 2 is 0.383 bits per heavy atom. The Hall–Kier alpha value is -0.810. The first-order valence-corrected chi connectivity index (χ1v) is 27.6. The smallest absolute Gasteiger partial charge is 0.0784 e. The highest BCUT2D eigenvalue weighted by Crippen LogP contribution is 2.17. The third kappa shape index (κ3) is 55.2. The van der Waals surface area contributed by atoms with E-state index in [0.29, 0.717) is 0 Å². The molecule has 0 heterocycles. The SMILES string of the molecule is CCCCCCCCCCCC[N+](C)(CC)CCCCCCCCCCCC.CCCCCCCCCCCC[N+](C)(CC)CCCCCCCCCCCC.O=C([O-])[O-]. The standard InChI is InChI=1S/2C27H58N.CH2O3/c2*1-5-8-10-12-14-16-18-20-22-24-26-28(4,7-3)27-25-23-21-19-17-15-13-11-9-6-2;2-1(3)4/h2*5-27H2,1-4H3;(H2,2,3,4)/q2*+1;/p-2. The molecular formula is C55H116N2O3. The maximum absolute atomic E-state index is 8.33. The van der Waals surface area contributed by atoms with E-state index in [4.69, 9.17) is 15.0 Å². The van der Waals surface area contributed by atoms with Crippen LogP contribution in [0.1, 0.15) is 298 Å². The molecule has 0 aromatic heterocycles. The van der Waals surface area contributed by atoms with Gasteiger partial charge in [0.05, 0.1) is 53.4 Å². The summed E-state index contributed by atoms with van der Waals surface area (Å²) in [6.45, 7) is 22.3. The maximum atomic E-state index is 8.33. The Balaban J connectivity index is -0.000000992. The van der Waals surface area contributed by atoms with Crippen LogP contribution in [0.2, 0.25) is 0 Å². The van der Waals surface area contributed by atoms with Gasteiger partial charge in [-0.3, -0.25) is 0 Å². The molecule has 0 unspecified atom stereocenters. The van der Waals surface area contributed by atoms with Crippen LogP contribution in [0.3, 0.4) is 0 Å². The van der Waals surface area contributed by atoms with Crippen molar-refractivity contribution in [1.29, 1.82) is 0 Å². The molecule has 5 heteroatoms. The van der Waals surface area contributed by atoms with E-state index in [1.54, 1.807) is 0 Å². The van der Waals surface area contributed by atoms with Gasteiger partial charge in [-0.25, -0.2) is 0 Å². The average Bonchev–Trinajstić information content (AvgIpc) is 3.23. The lowest BCUT2D eigenvalue weighted by Crippen LogP contribution is -2.45. The molecule has 0 saturated carbocycles. The molecule has 0 aliphatic rings. The second-order valence-electron chi connectivity index (χ2n) is 19.7. The van der Waals surface area contributed by atoms with E-state index in [1.165, 1.54) is 305 Å². The van der Waals surface area contributed by atoms with Gasteiger partial charge in [0.1, 0.15) is 0 Å². The van der Waals surface area contributed by atoms with Crippen molar-refractivity contribution >= 4 is 6.16 Å². The van der Waals surface area contributed by atoms with Gasteiger partial charge in [0.25, 0.3) is 0 Å². The summed E-state index contributed by atoms with van der Waals surface area (Å²) in [7, 11) is 5.00. The van der Waals surface area contributed by atoms with Gasteiger partial charge in [-0.2, -0.15) is 0 Å². The highest BCUT2D eigenvalue weighted by molar-refractivity contribution is 5.47. The molecule has 0 aliphatic carbocycles. The van der Waals surface area contributed by atoms with Gasteiger partial charge in [-0.1, -0.05) is 233 Å². The summed E-state index contributed by atoms with van der Waals surface area (Å²) in [5, 5.41) is 16.7. The molecule has 0 atom stereocenters. The first kappa shape index (κ1) is 63.5.